The van der Waals surface area contributed by atoms with Gasteiger partial charge in [-0.05, 0) is 49.2 Å². The molecular formula is C29H33N7O2S. The van der Waals surface area contributed by atoms with Crippen LogP contribution in [0.2, 0.25) is 0 Å². The summed E-state index contributed by atoms with van der Waals surface area (Å²) in [5.41, 5.74) is 4.24. The fraction of sp³-hybridized carbons (Fsp3) is 0.310. The van der Waals surface area contributed by atoms with Crippen molar-refractivity contribution in [2.75, 3.05) is 36.1 Å². The largest absolute Gasteiger partial charge is 0.351 e. The average Bonchev–Trinajstić information content (AvgIpc) is 2.92. The van der Waals surface area contributed by atoms with Crippen molar-refractivity contribution < 1.29 is 8.42 Å². The predicted octanol–water partition coefficient (Wildman–Crippen LogP) is 4.60. The second-order valence-electron chi connectivity index (χ2n) is 10.3. The second-order valence-corrected chi connectivity index (χ2v) is 12.3. The highest BCUT2D eigenvalue weighted by atomic mass is 32.2. The van der Waals surface area contributed by atoms with Crippen molar-refractivity contribution in [1.29, 1.82) is 5.41 Å². The Bertz CT molecular complexity index is 1600. The van der Waals surface area contributed by atoms with Gasteiger partial charge in [0.2, 0.25) is 0 Å². The molecule has 10 heteroatoms. The minimum atomic E-state index is -3.24. The van der Waals surface area contributed by atoms with Gasteiger partial charge in [-0.3, -0.25) is 15.4 Å². The lowest BCUT2D eigenvalue weighted by Crippen LogP contribution is -2.58. The highest BCUT2D eigenvalue weighted by molar-refractivity contribution is 7.90. The molecule has 2 aromatic heterocycles. The van der Waals surface area contributed by atoms with Crippen LogP contribution < -0.4 is 10.2 Å². The van der Waals surface area contributed by atoms with Crippen molar-refractivity contribution in [3.63, 3.8) is 0 Å². The Hall–Kier alpha value is -4.05. The highest BCUT2D eigenvalue weighted by Gasteiger charge is 2.32. The minimum absolute atomic E-state index is 0.110. The zero-order chi connectivity index (χ0) is 27.7. The normalized spacial score (nSPS) is 16.1. The Labute approximate surface area is 229 Å². The monoisotopic (exact) mass is 543 g/mol. The molecule has 1 saturated heterocycles. The number of aryl methyl sites for hydroxylation is 1. The number of nitrogens with zero attached hydrogens (tertiary/aromatic N) is 5. The van der Waals surface area contributed by atoms with Crippen molar-refractivity contribution in [1.82, 2.24) is 19.9 Å². The van der Waals surface area contributed by atoms with Crippen LogP contribution in [-0.4, -0.2) is 66.2 Å². The van der Waals surface area contributed by atoms with Gasteiger partial charge in [-0.25, -0.2) is 13.4 Å². The van der Waals surface area contributed by atoms with E-state index in [1.165, 1.54) is 6.26 Å². The summed E-state index contributed by atoms with van der Waals surface area (Å²) < 4.78 is 23.5. The molecule has 3 heterocycles. The third kappa shape index (κ3) is 5.70. The maximum Gasteiger partial charge on any atom is 0.195 e. The number of hydrogen-bond donors (Lipinski definition) is 2. The van der Waals surface area contributed by atoms with Crippen LogP contribution in [0.25, 0.3) is 22.2 Å². The molecule has 1 atom stereocenters. The quantitative estimate of drug-likeness (QED) is 0.277. The minimum Gasteiger partial charge on any atom is -0.351 e. The van der Waals surface area contributed by atoms with Crippen molar-refractivity contribution in [2.24, 2.45) is 5.92 Å². The Balaban J connectivity index is 1.29. The van der Waals surface area contributed by atoms with Crippen LogP contribution in [0.3, 0.4) is 0 Å². The predicted molar refractivity (Wildman–Crippen MR) is 156 cm³/mol. The van der Waals surface area contributed by atoms with Crippen LogP contribution in [0.4, 0.5) is 11.5 Å². The van der Waals surface area contributed by atoms with Crippen molar-refractivity contribution >= 4 is 38.2 Å². The number of aromatic nitrogens is 3. The third-order valence-corrected chi connectivity index (χ3v) is 8.27. The Morgan fingerprint density at radius 2 is 1.79 bits per heavy atom. The first-order valence-corrected chi connectivity index (χ1v) is 14.9. The molecule has 2 N–H and O–H groups in total. The summed E-state index contributed by atoms with van der Waals surface area (Å²) in [7, 11) is -3.24. The third-order valence-electron chi connectivity index (χ3n) is 7.14. The van der Waals surface area contributed by atoms with Gasteiger partial charge in [0.1, 0.15) is 5.82 Å². The first-order chi connectivity index (χ1) is 18.6. The molecule has 0 bridgehead atoms. The van der Waals surface area contributed by atoms with E-state index in [0.717, 1.165) is 40.2 Å². The molecule has 0 radical (unpaired) electrons. The molecule has 1 fully saturated rings. The van der Waals surface area contributed by atoms with Crippen LogP contribution in [-0.2, 0) is 9.84 Å². The molecule has 4 aromatic rings. The highest BCUT2D eigenvalue weighted by Crippen LogP contribution is 2.26. The molecular weight excluding hydrogens is 510 g/mol. The Morgan fingerprint density at radius 3 is 2.46 bits per heavy atom. The van der Waals surface area contributed by atoms with Crippen LogP contribution in [0, 0.1) is 18.3 Å². The number of sulfone groups is 1. The van der Waals surface area contributed by atoms with Gasteiger partial charge in [0.05, 0.1) is 40.2 Å². The molecule has 0 amide bonds. The van der Waals surface area contributed by atoms with Gasteiger partial charge in [0, 0.05) is 42.5 Å². The number of pyridine rings is 1. The summed E-state index contributed by atoms with van der Waals surface area (Å²) in [5.74, 6) is 1.47. The molecule has 5 rings (SSSR count). The first kappa shape index (κ1) is 26.6. The zero-order valence-electron chi connectivity index (χ0n) is 22.6. The van der Waals surface area contributed by atoms with E-state index in [4.69, 9.17) is 5.41 Å². The van der Waals surface area contributed by atoms with Crippen LogP contribution in [0.5, 0.6) is 0 Å². The maximum absolute atomic E-state index is 11.7. The van der Waals surface area contributed by atoms with Gasteiger partial charge < -0.3 is 15.1 Å². The van der Waals surface area contributed by atoms with Gasteiger partial charge in [0.15, 0.2) is 15.8 Å². The van der Waals surface area contributed by atoms with E-state index in [-0.39, 0.29) is 10.9 Å². The summed E-state index contributed by atoms with van der Waals surface area (Å²) in [4.78, 5) is 18.5. The van der Waals surface area contributed by atoms with Gasteiger partial charge >= 0.3 is 0 Å². The van der Waals surface area contributed by atoms with Gasteiger partial charge in [-0.2, -0.15) is 0 Å². The molecule has 1 aliphatic heterocycles. The van der Waals surface area contributed by atoms with E-state index in [1.807, 2.05) is 37.3 Å². The van der Waals surface area contributed by atoms with Crippen molar-refractivity contribution in [2.45, 2.75) is 31.7 Å². The summed E-state index contributed by atoms with van der Waals surface area (Å²) in [6.07, 6.45) is 4.68. The van der Waals surface area contributed by atoms with Crippen LogP contribution >= 0.6 is 0 Å². The molecule has 202 valence electrons. The van der Waals surface area contributed by atoms with E-state index >= 15 is 0 Å². The number of hydrogen-bond acceptors (Lipinski definition) is 7. The number of piperazine rings is 1. The number of benzene rings is 2. The first-order valence-electron chi connectivity index (χ1n) is 13.0. The van der Waals surface area contributed by atoms with E-state index in [0.29, 0.717) is 30.7 Å². The topological polar surface area (TPSA) is 115 Å². The second kappa shape index (κ2) is 10.6. The summed E-state index contributed by atoms with van der Waals surface area (Å²) in [6.45, 7) is 8.43. The fourth-order valence-corrected chi connectivity index (χ4v) is 5.57. The maximum atomic E-state index is 11.7. The molecule has 9 nitrogen and oxygen atoms in total. The smallest absolute Gasteiger partial charge is 0.195 e. The lowest BCUT2D eigenvalue weighted by atomic mass is 9.99. The SMILES string of the molecule is Cc1ccc2c(NC(=N)N3CCN(c4cnc(-c5ccc(S(C)(=O)=O)cc5)cn4)CC3C(C)C)cccc2n1. The molecule has 0 saturated carbocycles. The van der Waals surface area contributed by atoms with Gasteiger partial charge in [-0.1, -0.05) is 32.0 Å². The van der Waals surface area contributed by atoms with Crippen molar-refractivity contribution in [3.05, 3.63) is 72.7 Å². The molecule has 1 unspecified atom stereocenters. The fourth-order valence-electron chi connectivity index (χ4n) is 4.94. The number of rotatable bonds is 5. The Morgan fingerprint density at radius 1 is 1.03 bits per heavy atom. The lowest BCUT2D eigenvalue weighted by molar-refractivity contribution is 0.222. The number of guanidine groups is 1. The average molecular weight is 544 g/mol. The van der Waals surface area contributed by atoms with E-state index in [1.54, 1.807) is 36.7 Å². The molecule has 0 spiro atoms. The van der Waals surface area contributed by atoms with E-state index < -0.39 is 9.84 Å². The zero-order valence-corrected chi connectivity index (χ0v) is 23.4. The number of fused-ring (bicyclic) bond motifs is 1. The van der Waals surface area contributed by atoms with Gasteiger partial charge in [0.25, 0.3) is 0 Å². The lowest BCUT2D eigenvalue weighted by Gasteiger charge is -2.44. The summed E-state index contributed by atoms with van der Waals surface area (Å²) in [5, 5.41) is 13.3. The van der Waals surface area contributed by atoms with E-state index in [9.17, 15) is 8.42 Å². The Kier molecular flexibility index (Phi) is 7.22. The van der Waals surface area contributed by atoms with Crippen molar-refractivity contribution in [3.8, 4) is 11.3 Å². The van der Waals surface area contributed by atoms with Crippen LogP contribution in [0.15, 0.2) is 71.9 Å². The molecule has 39 heavy (non-hydrogen) atoms. The molecule has 2 aromatic carbocycles. The van der Waals surface area contributed by atoms with Crippen LogP contribution in [0.1, 0.15) is 19.5 Å². The number of nitrogens with one attached hydrogen (secondary N) is 2. The molecule has 1 aliphatic rings. The number of anilines is 2. The standard InChI is InChI=1S/C29H33N7O2S/c1-19(2)27-18-35(28-17-31-26(16-32-28)21-9-11-22(12-10-21)39(4,37)38)14-15-36(27)29(30)34-25-7-5-6-24-23(25)13-8-20(3)33-24/h5-13,16-17,19,27H,14-15,18H2,1-4H3,(H2,30,34). The summed E-state index contributed by atoms with van der Waals surface area (Å²) in [6, 6.07) is 16.8. The van der Waals surface area contributed by atoms with Gasteiger partial charge in [-0.15, -0.1) is 0 Å². The summed E-state index contributed by atoms with van der Waals surface area (Å²) >= 11 is 0. The molecule has 0 aliphatic carbocycles. The van der Waals surface area contributed by atoms with E-state index in [2.05, 4.69) is 43.9 Å².